The number of aryl methyl sites for hydroxylation is 1. The van der Waals surface area contributed by atoms with Crippen LogP contribution in [0.15, 0.2) is 6.07 Å². The van der Waals surface area contributed by atoms with Crippen molar-refractivity contribution >= 4 is 0 Å². The summed E-state index contributed by atoms with van der Waals surface area (Å²) < 4.78 is 67.8. The van der Waals surface area contributed by atoms with Crippen molar-refractivity contribution in [1.82, 2.24) is 0 Å². The standard InChI is InChI=1S/C23H32F4O2/c1-3-5-18-11-10-17-14-19(20(24)21(25)22(17)28-18)29-23(26,27)13-12-16-8-6-15(4-2)7-9-16/h14-16,18H,3-13H2,1-2H3. The molecule has 1 aliphatic heterocycles. The first-order chi connectivity index (χ1) is 13.8. The highest BCUT2D eigenvalue weighted by atomic mass is 19.3. The minimum absolute atomic E-state index is 0.157. The van der Waals surface area contributed by atoms with Crippen LogP contribution in [-0.4, -0.2) is 12.2 Å². The van der Waals surface area contributed by atoms with Crippen molar-refractivity contribution in [2.24, 2.45) is 11.8 Å². The van der Waals surface area contributed by atoms with Gasteiger partial charge < -0.3 is 9.47 Å². The van der Waals surface area contributed by atoms with Crippen molar-refractivity contribution in [3.8, 4) is 11.5 Å². The minimum Gasteiger partial charge on any atom is -0.487 e. The lowest BCUT2D eigenvalue weighted by atomic mass is 9.79. The van der Waals surface area contributed by atoms with E-state index in [1.165, 1.54) is 6.07 Å². The van der Waals surface area contributed by atoms with E-state index in [0.29, 0.717) is 30.7 Å². The molecule has 1 aromatic carbocycles. The molecule has 1 fully saturated rings. The van der Waals surface area contributed by atoms with E-state index < -0.39 is 29.9 Å². The molecule has 164 valence electrons. The van der Waals surface area contributed by atoms with Gasteiger partial charge in [0, 0.05) is 5.56 Å². The molecule has 0 saturated heterocycles. The number of fused-ring (bicyclic) bond motifs is 1. The first kappa shape index (κ1) is 22.2. The molecule has 0 aromatic heterocycles. The smallest absolute Gasteiger partial charge is 0.397 e. The summed E-state index contributed by atoms with van der Waals surface area (Å²) in [6.07, 6.45) is 4.09. The molecular weight excluding hydrogens is 384 g/mol. The van der Waals surface area contributed by atoms with Crippen LogP contribution in [0.4, 0.5) is 17.6 Å². The molecule has 2 nitrogen and oxygen atoms in total. The lowest BCUT2D eigenvalue weighted by molar-refractivity contribution is -0.185. The van der Waals surface area contributed by atoms with E-state index in [4.69, 9.17) is 4.74 Å². The first-order valence-corrected chi connectivity index (χ1v) is 11.1. The molecule has 0 radical (unpaired) electrons. The quantitative estimate of drug-likeness (QED) is 0.410. The van der Waals surface area contributed by atoms with Crippen LogP contribution in [0.25, 0.3) is 0 Å². The minimum atomic E-state index is -3.52. The average Bonchev–Trinajstić information content (AvgIpc) is 2.71. The highest BCUT2D eigenvalue weighted by Gasteiger charge is 2.36. The van der Waals surface area contributed by atoms with Crippen LogP contribution in [0.3, 0.4) is 0 Å². The molecule has 0 bridgehead atoms. The Morgan fingerprint density at radius 1 is 1.00 bits per heavy atom. The summed E-state index contributed by atoms with van der Waals surface area (Å²) in [7, 11) is 0. The second kappa shape index (κ2) is 9.57. The van der Waals surface area contributed by atoms with Gasteiger partial charge in [0.05, 0.1) is 12.5 Å². The summed E-state index contributed by atoms with van der Waals surface area (Å²) in [4.78, 5) is 0. The van der Waals surface area contributed by atoms with Crippen molar-refractivity contribution in [3.05, 3.63) is 23.3 Å². The van der Waals surface area contributed by atoms with Gasteiger partial charge in [-0.1, -0.05) is 52.4 Å². The second-order valence-electron chi connectivity index (χ2n) is 8.63. The molecule has 0 amide bonds. The molecule has 1 atom stereocenters. The monoisotopic (exact) mass is 416 g/mol. The fourth-order valence-corrected chi connectivity index (χ4v) is 4.60. The Hall–Kier alpha value is -1.46. The predicted octanol–water partition coefficient (Wildman–Crippen LogP) is 7.43. The Bertz CT molecular complexity index is 684. The van der Waals surface area contributed by atoms with Crippen LogP contribution >= 0.6 is 0 Å². The molecule has 1 aliphatic carbocycles. The number of benzene rings is 1. The van der Waals surface area contributed by atoms with Crippen LogP contribution in [0.5, 0.6) is 11.5 Å². The highest BCUT2D eigenvalue weighted by molar-refractivity contribution is 5.44. The molecule has 1 heterocycles. The van der Waals surface area contributed by atoms with Gasteiger partial charge in [0.15, 0.2) is 11.5 Å². The van der Waals surface area contributed by atoms with E-state index >= 15 is 0 Å². The Kier molecular flexibility index (Phi) is 7.33. The van der Waals surface area contributed by atoms with E-state index in [1.54, 1.807) is 0 Å². The van der Waals surface area contributed by atoms with Gasteiger partial charge in [-0.3, -0.25) is 0 Å². The third-order valence-corrected chi connectivity index (χ3v) is 6.48. The predicted molar refractivity (Wildman–Crippen MR) is 105 cm³/mol. The van der Waals surface area contributed by atoms with Gasteiger partial charge in [-0.25, -0.2) is 0 Å². The van der Waals surface area contributed by atoms with Crippen LogP contribution in [0.2, 0.25) is 0 Å². The number of ether oxygens (including phenoxy) is 2. The molecule has 0 spiro atoms. The fourth-order valence-electron chi connectivity index (χ4n) is 4.60. The van der Waals surface area contributed by atoms with E-state index in [9.17, 15) is 17.6 Å². The normalized spacial score (nSPS) is 24.7. The van der Waals surface area contributed by atoms with Gasteiger partial charge in [0.2, 0.25) is 11.6 Å². The van der Waals surface area contributed by atoms with Crippen LogP contribution < -0.4 is 9.47 Å². The number of hydrogen-bond acceptors (Lipinski definition) is 2. The van der Waals surface area contributed by atoms with Crippen molar-refractivity contribution in [2.45, 2.75) is 96.7 Å². The Balaban J connectivity index is 1.62. The topological polar surface area (TPSA) is 18.5 Å². The molecular formula is C23H32F4O2. The van der Waals surface area contributed by atoms with Crippen LogP contribution in [-0.2, 0) is 6.42 Å². The van der Waals surface area contributed by atoms with E-state index in [2.05, 4.69) is 11.7 Å². The van der Waals surface area contributed by atoms with E-state index in [0.717, 1.165) is 44.9 Å². The molecule has 1 saturated carbocycles. The van der Waals surface area contributed by atoms with Gasteiger partial charge >= 0.3 is 6.11 Å². The number of hydrogen-bond donors (Lipinski definition) is 0. The molecule has 1 aromatic rings. The third kappa shape index (κ3) is 5.58. The summed E-state index contributed by atoms with van der Waals surface area (Å²) in [6, 6.07) is 1.18. The zero-order valence-electron chi connectivity index (χ0n) is 17.4. The van der Waals surface area contributed by atoms with Gasteiger partial charge in [0.25, 0.3) is 0 Å². The van der Waals surface area contributed by atoms with Gasteiger partial charge in [0.1, 0.15) is 0 Å². The fraction of sp³-hybridized carbons (Fsp3) is 0.739. The maximum Gasteiger partial charge on any atom is 0.397 e. The number of rotatable bonds is 8. The molecule has 29 heavy (non-hydrogen) atoms. The zero-order chi connectivity index (χ0) is 21.0. The SMILES string of the molecule is CCCC1CCc2cc(OC(F)(F)CCC3CCC(CC)CC3)c(F)c(F)c2O1. The average molecular weight is 416 g/mol. The third-order valence-electron chi connectivity index (χ3n) is 6.48. The maximum absolute atomic E-state index is 14.5. The summed E-state index contributed by atoms with van der Waals surface area (Å²) in [6.45, 7) is 4.15. The maximum atomic E-state index is 14.5. The van der Waals surface area contributed by atoms with Crippen molar-refractivity contribution < 1.29 is 27.0 Å². The van der Waals surface area contributed by atoms with Gasteiger partial charge in [-0.2, -0.15) is 17.6 Å². The van der Waals surface area contributed by atoms with Crippen LogP contribution in [0.1, 0.15) is 83.6 Å². The Morgan fingerprint density at radius 2 is 1.69 bits per heavy atom. The zero-order valence-corrected chi connectivity index (χ0v) is 17.4. The summed E-state index contributed by atoms with van der Waals surface area (Å²) in [5, 5.41) is 0. The highest BCUT2D eigenvalue weighted by Crippen LogP contribution is 2.40. The van der Waals surface area contributed by atoms with Crippen LogP contribution in [0, 0.1) is 23.5 Å². The second-order valence-corrected chi connectivity index (χ2v) is 8.63. The first-order valence-electron chi connectivity index (χ1n) is 11.1. The largest absolute Gasteiger partial charge is 0.487 e. The molecule has 6 heteroatoms. The van der Waals surface area contributed by atoms with Crippen molar-refractivity contribution in [2.75, 3.05) is 0 Å². The van der Waals surface area contributed by atoms with Crippen molar-refractivity contribution in [1.29, 1.82) is 0 Å². The Labute approximate surface area is 171 Å². The van der Waals surface area contributed by atoms with Gasteiger partial charge in [-0.15, -0.1) is 0 Å². The number of alkyl halides is 2. The molecule has 0 N–H and O–H groups in total. The van der Waals surface area contributed by atoms with Gasteiger partial charge in [-0.05, 0) is 43.6 Å². The molecule has 1 unspecified atom stereocenters. The summed E-state index contributed by atoms with van der Waals surface area (Å²) in [5.74, 6) is -2.55. The molecule has 2 aliphatic rings. The Morgan fingerprint density at radius 3 is 2.34 bits per heavy atom. The van der Waals surface area contributed by atoms with E-state index in [1.807, 2.05) is 6.92 Å². The lowest BCUT2D eigenvalue weighted by Crippen LogP contribution is -2.28. The lowest BCUT2D eigenvalue weighted by Gasteiger charge is -2.29. The number of halogens is 4. The van der Waals surface area contributed by atoms with E-state index in [-0.39, 0.29) is 17.8 Å². The summed E-state index contributed by atoms with van der Waals surface area (Å²) >= 11 is 0. The summed E-state index contributed by atoms with van der Waals surface area (Å²) in [5.41, 5.74) is 0.389. The molecule has 3 rings (SSSR count). The van der Waals surface area contributed by atoms with Crippen molar-refractivity contribution in [3.63, 3.8) is 0 Å².